The van der Waals surface area contributed by atoms with Crippen molar-refractivity contribution in [3.05, 3.63) is 24.3 Å². The Morgan fingerprint density at radius 1 is 1.46 bits per heavy atom. The third kappa shape index (κ3) is 2.66. The fourth-order valence-corrected chi connectivity index (χ4v) is 0.801. The summed E-state index contributed by atoms with van der Waals surface area (Å²) in [5.74, 6) is -0.485. The fraction of sp³-hybridized carbons (Fsp3) is 0.222. The van der Waals surface area contributed by atoms with Crippen molar-refractivity contribution in [2.45, 2.75) is 13.0 Å². The van der Waals surface area contributed by atoms with Crippen LogP contribution in [-0.2, 0) is 4.79 Å². The smallest absolute Gasteiger partial charge is 0.344 e. The minimum absolute atomic E-state index is 0.504. The number of benzene rings is 1. The van der Waals surface area contributed by atoms with Gasteiger partial charge in [-0.2, -0.15) is 0 Å². The van der Waals surface area contributed by atoms with Crippen molar-refractivity contribution in [3.63, 3.8) is 0 Å². The number of carbonyl (C=O) groups is 1. The highest BCUT2D eigenvalue weighted by atomic mass is 16.5. The number of rotatable bonds is 3. The van der Waals surface area contributed by atoms with Gasteiger partial charge >= 0.3 is 5.97 Å². The van der Waals surface area contributed by atoms with Gasteiger partial charge in [-0.05, 0) is 31.2 Å². The average molecular weight is 181 g/mol. The van der Waals surface area contributed by atoms with E-state index in [0.717, 1.165) is 0 Å². The van der Waals surface area contributed by atoms with Crippen LogP contribution in [0.4, 0.5) is 5.69 Å². The summed E-state index contributed by atoms with van der Waals surface area (Å²) in [6.45, 7) is 1.47. The molecule has 0 heterocycles. The number of ether oxygens (including phenoxy) is 1. The van der Waals surface area contributed by atoms with Crippen molar-refractivity contribution in [1.82, 2.24) is 0 Å². The largest absolute Gasteiger partial charge is 0.479 e. The van der Waals surface area contributed by atoms with E-state index in [0.29, 0.717) is 11.4 Å². The molecular weight excluding hydrogens is 170 g/mol. The van der Waals surface area contributed by atoms with Crippen LogP contribution in [-0.4, -0.2) is 17.2 Å². The Bertz CT molecular complexity index is 294. The second-order valence-corrected chi connectivity index (χ2v) is 2.67. The molecule has 1 aromatic carbocycles. The molecule has 0 aliphatic carbocycles. The summed E-state index contributed by atoms with van der Waals surface area (Å²) in [7, 11) is 0. The minimum atomic E-state index is -0.989. The van der Waals surface area contributed by atoms with Crippen molar-refractivity contribution in [2.75, 3.05) is 5.73 Å². The topological polar surface area (TPSA) is 72.5 Å². The van der Waals surface area contributed by atoms with Crippen LogP contribution < -0.4 is 10.5 Å². The lowest BCUT2D eigenvalue weighted by molar-refractivity contribution is -0.144. The van der Waals surface area contributed by atoms with Crippen LogP contribution in [0.15, 0.2) is 24.3 Å². The van der Waals surface area contributed by atoms with E-state index in [-0.39, 0.29) is 0 Å². The molecule has 13 heavy (non-hydrogen) atoms. The predicted octanol–water partition coefficient (Wildman–Crippen LogP) is 1.12. The number of carboxylic acids is 1. The zero-order valence-electron chi connectivity index (χ0n) is 7.23. The SMILES string of the molecule is C[C@@H](Oc1ccc(N)cc1)C(=O)O. The molecule has 0 aliphatic rings. The maximum atomic E-state index is 10.4. The molecule has 0 fully saturated rings. The summed E-state index contributed by atoms with van der Waals surface area (Å²) < 4.78 is 5.08. The summed E-state index contributed by atoms with van der Waals surface area (Å²) >= 11 is 0. The van der Waals surface area contributed by atoms with E-state index >= 15 is 0 Å². The first-order valence-electron chi connectivity index (χ1n) is 3.84. The fourth-order valence-electron chi connectivity index (χ4n) is 0.801. The van der Waals surface area contributed by atoms with Crippen molar-refractivity contribution in [1.29, 1.82) is 0 Å². The van der Waals surface area contributed by atoms with Gasteiger partial charge in [0.05, 0.1) is 0 Å². The molecule has 0 unspecified atom stereocenters. The lowest BCUT2D eigenvalue weighted by atomic mass is 10.3. The van der Waals surface area contributed by atoms with Crippen LogP contribution in [0.3, 0.4) is 0 Å². The Labute approximate surface area is 75.9 Å². The van der Waals surface area contributed by atoms with Crippen LogP contribution in [0.25, 0.3) is 0 Å². The average Bonchev–Trinajstić information content (AvgIpc) is 2.08. The van der Waals surface area contributed by atoms with Gasteiger partial charge in [-0.15, -0.1) is 0 Å². The first-order valence-corrected chi connectivity index (χ1v) is 3.84. The molecular formula is C9H11NO3. The normalized spacial score (nSPS) is 12.1. The first-order chi connectivity index (χ1) is 6.09. The Hall–Kier alpha value is -1.71. The van der Waals surface area contributed by atoms with Gasteiger partial charge in [0.25, 0.3) is 0 Å². The first kappa shape index (κ1) is 9.38. The van der Waals surface area contributed by atoms with Crippen molar-refractivity contribution < 1.29 is 14.6 Å². The molecule has 0 radical (unpaired) electrons. The van der Waals surface area contributed by atoms with E-state index in [4.69, 9.17) is 15.6 Å². The number of anilines is 1. The summed E-state index contributed by atoms with van der Waals surface area (Å²) in [4.78, 5) is 10.4. The molecule has 1 atom stereocenters. The number of hydrogen-bond donors (Lipinski definition) is 2. The molecule has 4 nitrogen and oxygen atoms in total. The Morgan fingerprint density at radius 3 is 2.46 bits per heavy atom. The standard InChI is InChI=1S/C9H11NO3/c1-6(9(11)12)13-8-4-2-7(10)3-5-8/h2-6H,10H2,1H3,(H,11,12)/t6-/m1/s1. The molecule has 4 heteroatoms. The second-order valence-electron chi connectivity index (χ2n) is 2.67. The quantitative estimate of drug-likeness (QED) is 0.685. The molecule has 1 aromatic rings. The van der Waals surface area contributed by atoms with Gasteiger partial charge < -0.3 is 15.6 Å². The van der Waals surface area contributed by atoms with Crippen LogP contribution in [0.1, 0.15) is 6.92 Å². The highest BCUT2D eigenvalue weighted by molar-refractivity contribution is 5.72. The van der Waals surface area contributed by atoms with Crippen LogP contribution in [0, 0.1) is 0 Å². The summed E-state index contributed by atoms with van der Waals surface area (Å²) in [6.07, 6.45) is -0.844. The zero-order valence-corrected chi connectivity index (χ0v) is 7.23. The van der Waals surface area contributed by atoms with Gasteiger partial charge in [0.15, 0.2) is 6.10 Å². The highest BCUT2D eigenvalue weighted by Gasteiger charge is 2.11. The number of nitrogen functional groups attached to an aromatic ring is 1. The van der Waals surface area contributed by atoms with Gasteiger partial charge in [-0.25, -0.2) is 4.79 Å². The minimum Gasteiger partial charge on any atom is -0.479 e. The molecule has 0 amide bonds. The third-order valence-electron chi connectivity index (χ3n) is 1.54. The van der Waals surface area contributed by atoms with E-state index in [1.807, 2.05) is 0 Å². The van der Waals surface area contributed by atoms with Crippen LogP contribution in [0.2, 0.25) is 0 Å². The van der Waals surface area contributed by atoms with Crippen molar-refractivity contribution in [2.24, 2.45) is 0 Å². The van der Waals surface area contributed by atoms with Crippen molar-refractivity contribution >= 4 is 11.7 Å². The number of carboxylic acid groups (broad SMARTS) is 1. The summed E-state index contributed by atoms with van der Waals surface area (Å²) in [6, 6.07) is 6.58. The van der Waals surface area contributed by atoms with Gasteiger partial charge in [-0.3, -0.25) is 0 Å². The molecule has 0 spiro atoms. The van der Waals surface area contributed by atoms with Gasteiger partial charge in [0.2, 0.25) is 0 Å². The van der Waals surface area contributed by atoms with Gasteiger partial charge in [-0.1, -0.05) is 0 Å². The number of aliphatic carboxylic acids is 1. The summed E-state index contributed by atoms with van der Waals surface area (Å²) in [5, 5.41) is 8.55. The van der Waals surface area contributed by atoms with E-state index < -0.39 is 12.1 Å². The third-order valence-corrected chi connectivity index (χ3v) is 1.54. The molecule has 0 saturated carbocycles. The van der Waals surface area contributed by atoms with Gasteiger partial charge in [0, 0.05) is 5.69 Å². The lowest BCUT2D eigenvalue weighted by Gasteiger charge is -2.09. The molecule has 1 rings (SSSR count). The van der Waals surface area contributed by atoms with Crippen LogP contribution >= 0.6 is 0 Å². The van der Waals surface area contributed by atoms with Crippen molar-refractivity contribution in [3.8, 4) is 5.75 Å². The number of nitrogens with two attached hydrogens (primary N) is 1. The van der Waals surface area contributed by atoms with E-state index in [1.54, 1.807) is 24.3 Å². The van der Waals surface area contributed by atoms with Gasteiger partial charge in [0.1, 0.15) is 5.75 Å². The van der Waals surface area contributed by atoms with E-state index in [1.165, 1.54) is 6.92 Å². The number of hydrogen-bond acceptors (Lipinski definition) is 3. The molecule has 3 N–H and O–H groups in total. The van der Waals surface area contributed by atoms with Crippen LogP contribution in [0.5, 0.6) is 5.75 Å². The Kier molecular flexibility index (Phi) is 2.74. The molecule has 0 aromatic heterocycles. The molecule has 0 bridgehead atoms. The lowest BCUT2D eigenvalue weighted by Crippen LogP contribution is -2.22. The second kappa shape index (κ2) is 3.80. The molecule has 0 saturated heterocycles. The Balaban J connectivity index is 2.64. The predicted molar refractivity (Wildman–Crippen MR) is 48.6 cm³/mol. The zero-order chi connectivity index (χ0) is 9.84. The van der Waals surface area contributed by atoms with E-state index in [9.17, 15) is 4.79 Å². The Morgan fingerprint density at radius 2 is 2.00 bits per heavy atom. The molecule has 0 aliphatic heterocycles. The summed E-state index contributed by atoms with van der Waals surface area (Å²) in [5.41, 5.74) is 6.07. The maximum absolute atomic E-state index is 10.4. The monoisotopic (exact) mass is 181 g/mol. The van der Waals surface area contributed by atoms with E-state index in [2.05, 4.69) is 0 Å². The molecule has 70 valence electrons. The maximum Gasteiger partial charge on any atom is 0.344 e. The highest BCUT2D eigenvalue weighted by Crippen LogP contribution is 2.14.